The summed E-state index contributed by atoms with van der Waals surface area (Å²) < 4.78 is 29.0. The average molecular weight is 330 g/mol. The van der Waals surface area contributed by atoms with Crippen LogP contribution in [0.5, 0.6) is 0 Å². The van der Waals surface area contributed by atoms with E-state index in [0.29, 0.717) is 25.1 Å². The maximum absolute atomic E-state index is 11.8. The van der Waals surface area contributed by atoms with Gasteiger partial charge in [0.25, 0.3) is 0 Å². The molecule has 23 heavy (non-hydrogen) atoms. The molecule has 5 nitrogen and oxygen atoms in total. The van der Waals surface area contributed by atoms with Crippen molar-refractivity contribution < 1.29 is 12.8 Å². The third kappa shape index (κ3) is 4.01. The van der Waals surface area contributed by atoms with E-state index in [1.54, 1.807) is 18.4 Å². The lowest BCUT2D eigenvalue weighted by Gasteiger charge is -2.27. The summed E-state index contributed by atoms with van der Waals surface area (Å²) in [4.78, 5) is 2.14. The molecule has 3 rings (SSSR count). The van der Waals surface area contributed by atoms with E-state index in [-0.39, 0.29) is 17.5 Å². The third-order valence-corrected chi connectivity index (χ3v) is 5.88. The largest absolute Gasteiger partial charge is 0.468 e. The minimum absolute atomic E-state index is 0.000688. The van der Waals surface area contributed by atoms with E-state index in [4.69, 9.17) is 9.68 Å². The molecule has 0 radical (unpaired) electrons. The highest BCUT2D eigenvalue weighted by Gasteiger charge is 2.32. The Labute approximate surface area is 136 Å². The molecule has 1 saturated heterocycles. The van der Waals surface area contributed by atoms with Gasteiger partial charge in [0.05, 0.1) is 35.9 Å². The Hall–Kier alpha value is -2.10. The van der Waals surface area contributed by atoms with E-state index < -0.39 is 9.84 Å². The summed E-state index contributed by atoms with van der Waals surface area (Å²) >= 11 is 0. The minimum atomic E-state index is -2.94. The molecule has 120 valence electrons. The summed E-state index contributed by atoms with van der Waals surface area (Å²) in [5.41, 5.74) is 1.68. The second kappa shape index (κ2) is 6.57. The Morgan fingerprint density at radius 2 is 2.00 bits per heavy atom. The highest BCUT2D eigenvalue weighted by atomic mass is 32.2. The molecule has 6 heteroatoms. The molecule has 1 aromatic heterocycles. The molecule has 0 unspecified atom stereocenters. The van der Waals surface area contributed by atoms with Gasteiger partial charge in [0.2, 0.25) is 0 Å². The highest BCUT2D eigenvalue weighted by Crippen LogP contribution is 2.22. The van der Waals surface area contributed by atoms with Crippen LogP contribution in [0.2, 0.25) is 0 Å². The first-order valence-electron chi connectivity index (χ1n) is 7.52. The van der Waals surface area contributed by atoms with Gasteiger partial charge in [-0.25, -0.2) is 8.42 Å². The van der Waals surface area contributed by atoms with Crippen LogP contribution in [0.25, 0.3) is 0 Å². The van der Waals surface area contributed by atoms with Crippen molar-refractivity contribution in [2.45, 2.75) is 25.6 Å². The summed E-state index contributed by atoms with van der Waals surface area (Å²) in [5, 5.41) is 8.87. The fraction of sp³-hybridized carbons (Fsp3) is 0.353. The maximum Gasteiger partial charge on any atom is 0.151 e. The molecule has 1 aliphatic heterocycles. The number of furan rings is 1. The van der Waals surface area contributed by atoms with Crippen molar-refractivity contribution in [3.8, 4) is 6.07 Å². The Balaban J connectivity index is 1.78. The van der Waals surface area contributed by atoms with Gasteiger partial charge in [-0.3, -0.25) is 4.90 Å². The van der Waals surface area contributed by atoms with Gasteiger partial charge in [0.1, 0.15) is 5.76 Å². The van der Waals surface area contributed by atoms with Crippen molar-refractivity contribution in [2.24, 2.45) is 0 Å². The molecular weight excluding hydrogens is 312 g/mol. The molecule has 0 amide bonds. The molecular formula is C17H18N2O3S. The lowest BCUT2D eigenvalue weighted by atomic mass is 10.1. The highest BCUT2D eigenvalue weighted by molar-refractivity contribution is 7.91. The van der Waals surface area contributed by atoms with Crippen LogP contribution >= 0.6 is 0 Å². The minimum Gasteiger partial charge on any atom is -0.468 e. The summed E-state index contributed by atoms with van der Waals surface area (Å²) in [5.74, 6) is 1.27. The van der Waals surface area contributed by atoms with E-state index in [2.05, 4.69) is 11.0 Å². The van der Waals surface area contributed by atoms with Gasteiger partial charge in [-0.05, 0) is 36.2 Å². The van der Waals surface area contributed by atoms with Crippen LogP contribution in [-0.2, 0) is 22.9 Å². The Morgan fingerprint density at radius 3 is 2.57 bits per heavy atom. The molecule has 0 aliphatic carbocycles. The van der Waals surface area contributed by atoms with Crippen molar-refractivity contribution in [1.82, 2.24) is 4.90 Å². The third-order valence-electron chi connectivity index (χ3n) is 4.13. The number of nitriles is 1. The SMILES string of the molecule is N#Cc1ccc(CN(Cc2ccco2)[C@@H]2CCS(=O)(=O)C2)cc1. The van der Waals surface area contributed by atoms with E-state index in [0.717, 1.165) is 11.3 Å². The zero-order chi connectivity index (χ0) is 16.3. The number of rotatable bonds is 5. The van der Waals surface area contributed by atoms with Crippen LogP contribution < -0.4 is 0 Å². The molecule has 1 atom stereocenters. The average Bonchev–Trinajstić information content (AvgIpc) is 3.16. The normalized spacial score (nSPS) is 19.7. The van der Waals surface area contributed by atoms with Gasteiger partial charge in [0.15, 0.2) is 9.84 Å². The smallest absolute Gasteiger partial charge is 0.151 e. The molecule has 0 spiro atoms. The maximum atomic E-state index is 11.8. The summed E-state index contributed by atoms with van der Waals surface area (Å²) in [7, 11) is -2.94. The predicted octanol–water partition coefficient (Wildman–Crippen LogP) is 2.34. The number of benzene rings is 1. The molecule has 1 aromatic carbocycles. The zero-order valence-electron chi connectivity index (χ0n) is 12.7. The van der Waals surface area contributed by atoms with E-state index in [9.17, 15) is 8.42 Å². The van der Waals surface area contributed by atoms with Gasteiger partial charge >= 0.3 is 0 Å². The second-order valence-corrected chi connectivity index (χ2v) is 8.08. The Bertz CT molecular complexity index is 789. The van der Waals surface area contributed by atoms with E-state index >= 15 is 0 Å². The fourth-order valence-electron chi connectivity index (χ4n) is 2.90. The quantitative estimate of drug-likeness (QED) is 0.841. The zero-order valence-corrected chi connectivity index (χ0v) is 13.5. The van der Waals surface area contributed by atoms with Gasteiger partial charge in [-0.15, -0.1) is 0 Å². The first kappa shape index (κ1) is 15.8. The second-order valence-electron chi connectivity index (χ2n) is 5.85. The van der Waals surface area contributed by atoms with Crippen LogP contribution in [-0.4, -0.2) is 30.9 Å². The Kier molecular flexibility index (Phi) is 4.51. The lowest BCUT2D eigenvalue weighted by Crippen LogP contribution is -2.35. The summed E-state index contributed by atoms with van der Waals surface area (Å²) in [6.45, 7) is 1.21. The summed E-state index contributed by atoms with van der Waals surface area (Å²) in [6, 6.07) is 13.2. The van der Waals surface area contributed by atoms with Gasteiger partial charge < -0.3 is 4.42 Å². The molecule has 0 bridgehead atoms. The van der Waals surface area contributed by atoms with Crippen LogP contribution in [0.1, 0.15) is 23.3 Å². The number of nitrogens with zero attached hydrogens (tertiary/aromatic N) is 2. The number of sulfone groups is 1. The van der Waals surface area contributed by atoms with Crippen LogP contribution in [0.15, 0.2) is 47.1 Å². The van der Waals surface area contributed by atoms with Gasteiger partial charge in [-0.1, -0.05) is 12.1 Å². The molecule has 0 N–H and O–H groups in total. The van der Waals surface area contributed by atoms with Crippen LogP contribution in [0, 0.1) is 11.3 Å². The predicted molar refractivity (Wildman–Crippen MR) is 86.2 cm³/mol. The van der Waals surface area contributed by atoms with Crippen molar-refractivity contribution in [1.29, 1.82) is 5.26 Å². The van der Waals surface area contributed by atoms with Crippen molar-refractivity contribution >= 4 is 9.84 Å². The monoisotopic (exact) mass is 330 g/mol. The van der Waals surface area contributed by atoms with E-state index in [1.807, 2.05) is 24.3 Å². The fourth-order valence-corrected chi connectivity index (χ4v) is 4.66. The Morgan fingerprint density at radius 1 is 1.22 bits per heavy atom. The standard InChI is InChI=1S/C17H18N2O3S/c18-10-14-3-5-15(6-4-14)11-19(12-17-2-1-8-22-17)16-7-9-23(20,21)13-16/h1-6,8,16H,7,9,11-13H2/t16-/m1/s1. The number of hydrogen-bond acceptors (Lipinski definition) is 5. The molecule has 1 fully saturated rings. The van der Waals surface area contributed by atoms with E-state index in [1.165, 1.54) is 0 Å². The molecule has 2 aromatic rings. The summed E-state index contributed by atoms with van der Waals surface area (Å²) in [6.07, 6.45) is 2.28. The molecule has 0 saturated carbocycles. The van der Waals surface area contributed by atoms with Gasteiger partial charge in [-0.2, -0.15) is 5.26 Å². The molecule has 2 heterocycles. The van der Waals surface area contributed by atoms with Crippen molar-refractivity contribution in [3.05, 3.63) is 59.5 Å². The molecule has 1 aliphatic rings. The van der Waals surface area contributed by atoms with Crippen LogP contribution in [0.3, 0.4) is 0 Å². The van der Waals surface area contributed by atoms with Crippen molar-refractivity contribution in [2.75, 3.05) is 11.5 Å². The first-order chi connectivity index (χ1) is 11.1. The van der Waals surface area contributed by atoms with Crippen molar-refractivity contribution in [3.63, 3.8) is 0 Å². The lowest BCUT2D eigenvalue weighted by molar-refractivity contribution is 0.179. The van der Waals surface area contributed by atoms with Crippen LogP contribution in [0.4, 0.5) is 0 Å². The first-order valence-corrected chi connectivity index (χ1v) is 9.34. The topological polar surface area (TPSA) is 74.3 Å². The number of hydrogen-bond donors (Lipinski definition) is 0. The van der Waals surface area contributed by atoms with Gasteiger partial charge in [0, 0.05) is 12.6 Å².